The van der Waals surface area contributed by atoms with Crippen molar-refractivity contribution >= 4 is 0 Å². The molecule has 9 atom stereocenters. The molecule has 1 aromatic rings. The Morgan fingerprint density at radius 3 is 2.54 bits per heavy atom. The van der Waals surface area contributed by atoms with Crippen molar-refractivity contribution in [2.75, 3.05) is 13.7 Å². The third-order valence-electron chi connectivity index (χ3n) is 12.9. The van der Waals surface area contributed by atoms with Gasteiger partial charge in [0, 0.05) is 30.0 Å². The predicted octanol–water partition coefficient (Wildman–Crippen LogP) is 5.34. The summed E-state index contributed by atoms with van der Waals surface area (Å²) in [6.07, 6.45) is 8.94. The van der Waals surface area contributed by atoms with E-state index in [9.17, 15) is 10.2 Å². The van der Waals surface area contributed by atoms with Crippen LogP contribution in [0.15, 0.2) is 12.1 Å². The van der Waals surface area contributed by atoms with E-state index in [1.54, 1.807) is 0 Å². The molecule has 3 N–H and O–H groups in total. The van der Waals surface area contributed by atoms with Crippen LogP contribution < -0.4 is 10.1 Å². The predicted molar refractivity (Wildman–Crippen MR) is 144 cm³/mol. The topological polar surface area (TPSA) is 71.0 Å². The molecule has 0 radical (unpaired) electrons. The summed E-state index contributed by atoms with van der Waals surface area (Å²) in [6, 6.07) is 4.54. The van der Waals surface area contributed by atoms with Gasteiger partial charge in [0.25, 0.3) is 0 Å². The summed E-state index contributed by atoms with van der Waals surface area (Å²) in [5.41, 5.74) is -0.125. The monoisotopic (exact) mass is 509 g/mol. The maximum absolute atomic E-state index is 12.3. The number of hydrogen-bond donors (Lipinski definition) is 3. The molecule has 5 nitrogen and oxygen atoms in total. The quantitative estimate of drug-likeness (QED) is 0.500. The van der Waals surface area contributed by atoms with Crippen LogP contribution >= 0.6 is 0 Å². The molecule has 1 aromatic carbocycles. The standard InChI is InChI=1S/C32H47NO4/c1-28(2,3)29(4,35)24-16-20-11-14-32(24,36-6)30(5)31-13-12-22(33-17-18-7-8-18)21(25(20)31)15-19-9-10-23(34)27(37-30)26(19)31/h9-10,18,20-22,24-25,33-35H,7-8,11-17H2,1-6H3/t20?,21-,22?,24+,25?,29?,30-,31-,32+/m0/s1. The third kappa shape index (κ3) is 2.82. The number of fused-ring (bicyclic) bond motifs is 2. The van der Waals surface area contributed by atoms with Crippen LogP contribution in [0.4, 0.5) is 0 Å². The highest BCUT2D eigenvalue weighted by atomic mass is 16.6. The largest absolute Gasteiger partial charge is 0.504 e. The Hall–Kier alpha value is -1.30. The third-order valence-corrected chi connectivity index (χ3v) is 12.9. The van der Waals surface area contributed by atoms with Crippen molar-refractivity contribution in [1.82, 2.24) is 5.32 Å². The number of nitrogens with one attached hydrogen (secondary N) is 1. The molecule has 0 amide bonds. The number of phenols is 1. The Morgan fingerprint density at radius 1 is 1.11 bits per heavy atom. The smallest absolute Gasteiger partial charge is 0.166 e. The zero-order valence-electron chi connectivity index (χ0n) is 23.7. The molecule has 5 saturated carbocycles. The van der Waals surface area contributed by atoms with Crippen LogP contribution in [0.5, 0.6) is 11.5 Å². The van der Waals surface area contributed by atoms with Gasteiger partial charge >= 0.3 is 0 Å². The highest BCUT2D eigenvalue weighted by Gasteiger charge is 2.80. The molecule has 8 rings (SSSR count). The van der Waals surface area contributed by atoms with Crippen molar-refractivity contribution in [3.8, 4) is 11.5 Å². The Bertz CT molecular complexity index is 1120. The first-order valence-electron chi connectivity index (χ1n) is 15.0. The number of benzene rings is 1. The lowest BCUT2D eigenvalue weighted by Crippen LogP contribution is -2.73. The lowest BCUT2D eigenvalue weighted by molar-refractivity contribution is -0.254. The van der Waals surface area contributed by atoms with Gasteiger partial charge in [0.15, 0.2) is 11.5 Å². The molecular weight excluding hydrogens is 462 g/mol. The van der Waals surface area contributed by atoms with Crippen LogP contribution in [0.25, 0.3) is 0 Å². The zero-order valence-corrected chi connectivity index (χ0v) is 23.7. The van der Waals surface area contributed by atoms with Gasteiger partial charge < -0.3 is 25.0 Å². The van der Waals surface area contributed by atoms with E-state index in [1.165, 1.54) is 24.0 Å². The second-order valence-corrected chi connectivity index (χ2v) is 15.0. The van der Waals surface area contributed by atoms with Crippen LogP contribution in [0.2, 0.25) is 0 Å². The fraction of sp³-hybridized carbons (Fsp3) is 0.812. The van der Waals surface area contributed by atoms with Crippen LogP contribution in [0.3, 0.4) is 0 Å². The normalized spacial score (nSPS) is 45.1. The van der Waals surface area contributed by atoms with Crippen LogP contribution in [-0.4, -0.2) is 46.7 Å². The molecular formula is C32H47NO4. The summed E-state index contributed by atoms with van der Waals surface area (Å²) < 4.78 is 13.9. The molecule has 1 spiro atoms. The number of aliphatic hydroxyl groups is 1. The lowest BCUT2D eigenvalue weighted by Gasteiger charge is -2.62. The van der Waals surface area contributed by atoms with E-state index in [4.69, 9.17) is 9.47 Å². The molecule has 37 heavy (non-hydrogen) atoms. The van der Waals surface area contributed by atoms with Gasteiger partial charge in [0.05, 0.1) is 5.60 Å². The number of hydrogen-bond acceptors (Lipinski definition) is 5. The number of aromatic hydroxyl groups is 1. The first-order chi connectivity index (χ1) is 17.4. The molecule has 0 aromatic heterocycles. The van der Waals surface area contributed by atoms with E-state index in [1.807, 2.05) is 20.1 Å². The van der Waals surface area contributed by atoms with Gasteiger partial charge in [-0.05, 0) is 112 Å². The fourth-order valence-electron chi connectivity index (χ4n) is 10.5. The van der Waals surface area contributed by atoms with Gasteiger partial charge in [-0.15, -0.1) is 0 Å². The van der Waals surface area contributed by atoms with Crippen molar-refractivity contribution in [3.05, 3.63) is 23.3 Å². The van der Waals surface area contributed by atoms with E-state index in [-0.39, 0.29) is 22.5 Å². The summed E-state index contributed by atoms with van der Waals surface area (Å²) in [5.74, 6) is 3.26. The van der Waals surface area contributed by atoms with Crippen molar-refractivity contribution in [3.63, 3.8) is 0 Å². The summed E-state index contributed by atoms with van der Waals surface area (Å²) in [6.45, 7) is 12.0. The second kappa shape index (κ2) is 7.46. The molecule has 1 heterocycles. The van der Waals surface area contributed by atoms with E-state index in [0.717, 1.165) is 51.0 Å². The first kappa shape index (κ1) is 24.7. The van der Waals surface area contributed by atoms with Crippen molar-refractivity contribution in [2.45, 2.75) is 114 Å². The zero-order chi connectivity index (χ0) is 26.2. The Kier molecular flexibility index (Phi) is 4.98. The average molecular weight is 510 g/mol. The van der Waals surface area contributed by atoms with E-state index in [2.05, 4.69) is 39.1 Å². The maximum atomic E-state index is 12.3. The SMILES string of the molecule is CO[C@]12CCC(C[C@@H]1C(C)(O)C(C)(C)C)C1[C@H]3Cc4ccc(O)c5c4[C@@]1(CCC3NCC1CC1)[C@]2(C)O5. The second-order valence-electron chi connectivity index (χ2n) is 15.0. The minimum Gasteiger partial charge on any atom is -0.504 e. The molecule has 204 valence electrons. The van der Waals surface area contributed by atoms with Gasteiger partial charge in [-0.1, -0.05) is 26.8 Å². The van der Waals surface area contributed by atoms with Gasteiger partial charge in [-0.25, -0.2) is 0 Å². The van der Waals surface area contributed by atoms with E-state index < -0.39 is 16.8 Å². The molecule has 4 unspecified atom stereocenters. The summed E-state index contributed by atoms with van der Waals surface area (Å²) in [7, 11) is 1.85. The number of phenolic OH excluding ortho intramolecular Hbond substituents is 1. The molecule has 0 saturated heterocycles. The van der Waals surface area contributed by atoms with E-state index in [0.29, 0.717) is 29.5 Å². The number of ether oxygens (including phenoxy) is 2. The number of rotatable bonds is 5. The lowest BCUT2D eigenvalue weighted by atomic mass is 9.45. The Morgan fingerprint density at radius 2 is 1.86 bits per heavy atom. The molecule has 5 heteroatoms. The first-order valence-corrected chi connectivity index (χ1v) is 15.0. The van der Waals surface area contributed by atoms with Gasteiger partial charge in [-0.3, -0.25) is 0 Å². The van der Waals surface area contributed by atoms with Crippen LogP contribution in [0, 0.1) is 35.0 Å². The summed E-state index contributed by atoms with van der Waals surface area (Å²) in [4.78, 5) is 0. The Balaban J connectivity index is 1.46. The van der Waals surface area contributed by atoms with Crippen molar-refractivity contribution < 1.29 is 19.7 Å². The fourth-order valence-corrected chi connectivity index (χ4v) is 10.5. The average Bonchev–Trinajstić information content (AvgIpc) is 3.65. The van der Waals surface area contributed by atoms with Crippen molar-refractivity contribution in [2.24, 2.45) is 35.0 Å². The van der Waals surface area contributed by atoms with E-state index >= 15 is 0 Å². The van der Waals surface area contributed by atoms with Gasteiger partial charge in [0.2, 0.25) is 0 Å². The van der Waals surface area contributed by atoms with Gasteiger partial charge in [0.1, 0.15) is 11.2 Å². The highest BCUT2D eigenvalue weighted by Crippen LogP contribution is 2.76. The van der Waals surface area contributed by atoms with Crippen molar-refractivity contribution in [1.29, 1.82) is 0 Å². The molecule has 4 bridgehead atoms. The van der Waals surface area contributed by atoms with Gasteiger partial charge in [-0.2, -0.15) is 0 Å². The summed E-state index contributed by atoms with van der Waals surface area (Å²) in [5, 5.41) is 27.5. The minimum atomic E-state index is -0.935. The molecule has 6 aliphatic carbocycles. The maximum Gasteiger partial charge on any atom is 0.166 e. The molecule has 5 fully saturated rings. The Labute approximate surface area is 222 Å². The highest BCUT2D eigenvalue weighted by molar-refractivity contribution is 5.63. The van der Waals surface area contributed by atoms with Crippen LogP contribution in [-0.2, 0) is 16.6 Å². The molecule has 7 aliphatic rings. The minimum absolute atomic E-state index is 0.0623. The summed E-state index contributed by atoms with van der Waals surface area (Å²) >= 11 is 0. The number of methoxy groups -OCH3 is 1. The van der Waals surface area contributed by atoms with Crippen LogP contribution in [0.1, 0.15) is 90.7 Å². The molecule has 1 aliphatic heterocycles.